The van der Waals surface area contributed by atoms with Crippen LogP contribution in [-0.4, -0.2) is 49.8 Å². The number of aliphatic hydroxyl groups is 1. The van der Waals surface area contributed by atoms with Crippen LogP contribution in [0.15, 0.2) is 47.1 Å². The predicted octanol–water partition coefficient (Wildman–Crippen LogP) is 4.30. The summed E-state index contributed by atoms with van der Waals surface area (Å²) in [6.45, 7) is 3.54. The Balaban J connectivity index is 1.47. The number of benzene rings is 1. The molecule has 1 aromatic carbocycles. The van der Waals surface area contributed by atoms with Gasteiger partial charge in [-0.3, -0.25) is 0 Å². The van der Waals surface area contributed by atoms with Crippen LogP contribution in [0.25, 0.3) is 5.69 Å². The third-order valence-corrected chi connectivity index (χ3v) is 6.58. The number of pyridine rings is 1. The number of halogens is 4. The maximum Gasteiger partial charge on any atom is 0.435 e. The van der Waals surface area contributed by atoms with Crippen molar-refractivity contribution in [2.75, 3.05) is 6.61 Å². The number of hydrogen-bond donors (Lipinski definition) is 1. The van der Waals surface area contributed by atoms with Crippen molar-refractivity contribution in [3.8, 4) is 5.69 Å². The highest BCUT2D eigenvalue weighted by Crippen LogP contribution is 2.42. The molecule has 8 nitrogen and oxygen atoms in total. The number of rotatable bonds is 3. The molecule has 2 aromatic heterocycles. The Labute approximate surface area is 207 Å². The summed E-state index contributed by atoms with van der Waals surface area (Å²) in [4.78, 5) is 7.88. The molecule has 4 unspecified atom stereocenters. The zero-order chi connectivity index (χ0) is 24.9. The second kappa shape index (κ2) is 9.25. The van der Waals surface area contributed by atoms with Gasteiger partial charge in [0.15, 0.2) is 17.8 Å². The maximum atomic E-state index is 13.7. The highest BCUT2D eigenvalue weighted by Gasteiger charge is 2.49. The van der Waals surface area contributed by atoms with Gasteiger partial charge in [-0.15, -0.1) is 0 Å². The van der Waals surface area contributed by atoms with Crippen LogP contribution < -0.4 is 0 Å². The molecule has 2 saturated heterocycles. The third kappa shape index (κ3) is 4.60. The normalized spacial score (nSPS) is 29.1. The molecule has 5 rings (SSSR count). The first-order valence-electron chi connectivity index (χ1n) is 11.0. The summed E-state index contributed by atoms with van der Waals surface area (Å²) in [7, 11) is 0. The number of aliphatic hydroxyl groups excluding tert-OH is 1. The lowest BCUT2D eigenvalue weighted by atomic mass is 9.86. The van der Waals surface area contributed by atoms with E-state index in [1.54, 1.807) is 13.8 Å². The maximum absolute atomic E-state index is 13.7. The Morgan fingerprint density at radius 3 is 2.63 bits per heavy atom. The van der Waals surface area contributed by atoms with E-state index in [9.17, 15) is 18.3 Å². The second-order valence-electron chi connectivity index (χ2n) is 8.57. The van der Waals surface area contributed by atoms with Gasteiger partial charge in [-0.05, 0) is 28.9 Å². The number of aromatic nitrogens is 4. The molecule has 0 spiro atoms. The van der Waals surface area contributed by atoms with Crippen molar-refractivity contribution < 1.29 is 32.5 Å². The van der Waals surface area contributed by atoms with Crippen LogP contribution in [0, 0.1) is 12.8 Å². The lowest BCUT2D eigenvalue weighted by Gasteiger charge is -2.47. The van der Waals surface area contributed by atoms with Crippen molar-refractivity contribution >= 4 is 15.9 Å². The molecule has 4 heterocycles. The first-order chi connectivity index (χ1) is 16.6. The number of alkyl halides is 3. The molecule has 186 valence electrons. The molecule has 1 N–H and O–H groups in total. The fourth-order valence-electron chi connectivity index (χ4n) is 4.46. The zero-order valence-corrected chi connectivity index (χ0v) is 20.3. The summed E-state index contributed by atoms with van der Waals surface area (Å²) in [6, 6.07) is 10.7. The van der Waals surface area contributed by atoms with Gasteiger partial charge in [0.25, 0.3) is 0 Å². The van der Waals surface area contributed by atoms with Gasteiger partial charge in [0.2, 0.25) is 0 Å². The van der Waals surface area contributed by atoms with Crippen LogP contribution >= 0.6 is 15.9 Å². The summed E-state index contributed by atoms with van der Waals surface area (Å²) in [6.07, 6.45) is -7.51. The summed E-state index contributed by atoms with van der Waals surface area (Å²) in [5.41, 5.74) is -0.613. The van der Waals surface area contributed by atoms with E-state index in [0.717, 1.165) is 16.4 Å². The lowest BCUT2D eigenvalue weighted by molar-refractivity contribution is -0.319. The summed E-state index contributed by atoms with van der Waals surface area (Å²) < 4.78 is 60.7. The molecule has 2 fully saturated rings. The monoisotopic (exact) mass is 554 g/mol. The summed E-state index contributed by atoms with van der Waals surface area (Å²) in [5.74, 6) is -0.170. The molecule has 2 aliphatic rings. The molecule has 12 heteroatoms. The predicted molar refractivity (Wildman–Crippen MR) is 119 cm³/mol. The number of nitrogens with zero attached hydrogens (tertiary/aromatic N) is 4. The minimum absolute atomic E-state index is 0.0379. The smallest absolute Gasteiger partial charge is 0.390 e. The van der Waals surface area contributed by atoms with Crippen molar-refractivity contribution in [3.05, 3.63) is 70.0 Å². The molecular formula is C23H22BrF3N4O4. The minimum Gasteiger partial charge on any atom is -0.390 e. The van der Waals surface area contributed by atoms with E-state index in [0.29, 0.717) is 4.47 Å². The van der Waals surface area contributed by atoms with Crippen LogP contribution in [0.4, 0.5) is 13.2 Å². The van der Waals surface area contributed by atoms with Gasteiger partial charge in [-0.25, -0.2) is 14.6 Å². The van der Waals surface area contributed by atoms with E-state index in [2.05, 4.69) is 31.0 Å². The molecule has 0 radical (unpaired) electrons. The van der Waals surface area contributed by atoms with Gasteiger partial charge in [-0.1, -0.05) is 37.3 Å². The van der Waals surface area contributed by atoms with E-state index in [1.807, 2.05) is 30.3 Å². The van der Waals surface area contributed by atoms with Gasteiger partial charge >= 0.3 is 6.18 Å². The van der Waals surface area contributed by atoms with E-state index in [-0.39, 0.29) is 23.9 Å². The zero-order valence-electron chi connectivity index (χ0n) is 18.7. The summed E-state index contributed by atoms with van der Waals surface area (Å²) in [5, 5.41) is 15.4. The van der Waals surface area contributed by atoms with Crippen LogP contribution in [-0.2, 0) is 20.4 Å². The Hall–Kier alpha value is -2.38. The molecular weight excluding hydrogens is 533 g/mol. The highest BCUT2D eigenvalue weighted by molar-refractivity contribution is 9.10. The van der Waals surface area contributed by atoms with Crippen molar-refractivity contribution in [2.45, 2.75) is 50.7 Å². The summed E-state index contributed by atoms with van der Waals surface area (Å²) >= 11 is 3.17. The van der Waals surface area contributed by atoms with E-state index in [1.165, 1.54) is 6.07 Å². The van der Waals surface area contributed by atoms with Crippen molar-refractivity contribution in [3.63, 3.8) is 0 Å². The largest absolute Gasteiger partial charge is 0.435 e. The van der Waals surface area contributed by atoms with Crippen LogP contribution in [0.3, 0.4) is 0 Å². The lowest BCUT2D eigenvalue weighted by Crippen LogP contribution is -2.55. The Kier molecular flexibility index (Phi) is 6.43. The van der Waals surface area contributed by atoms with Crippen molar-refractivity contribution in [1.82, 2.24) is 19.7 Å². The first-order valence-corrected chi connectivity index (χ1v) is 11.7. The number of fused-ring (bicyclic) bond motifs is 1. The molecule has 3 aromatic rings. The quantitative estimate of drug-likeness (QED) is 0.516. The molecule has 35 heavy (non-hydrogen) atoms. The van der Waals surface area contributed by atoms with E-state index < -0.39 is 48.5 Å². The van der Waals surface area contributed by atoms with Gasteiger partial charge in [0.05, 0.1) is 24.5 Å². The highest BCUT2D eigenvalue weighted by atomic mass is 79.9. The average molecular weight is 555 g/mol. The van der Waals surface area contributed by atoms with Gasteiger partial charge in [0, 0.05) is 22.2 Å². The Morgan fingerprint density at radius 2 is 1.91 bits per heavy atom. The van der Waals surface area contributed by atoms with Crippen LogP contribution in [0.5, 0.6) is 0 Å². The van der Waals surface area contributed by atoms with Gasteiger partial charge in [-0.2, -0.15) is 18.3 Å². The molecule has 0 aliphatic carbocycles. The second-order valence-corrected chi connectivity index (χ2v) is 9.49. The molecule has 2 aliphatic heterocycles. The van der Waals surface area contributed by atoms with E-state index >= 15 is 0 Å². The minimum atomic E-state index is -4.73. The number of ether oxygens (including phenoxy) is 3. The number of hydrogen-bond acceptors (Lipinski definition) is 7. The molecule has 0 bridgehead atoms. The topological polar surface area (TPSA) is 91.5 Å². The standard InChI is InChI=1S/C23H22BrF3N4O4/c1-11-17(32)19(34-16-10-33-22(35-18(11)16)13-6-4-3-5-7-13)21-29-12(2)30-31(21)15-8-14(24)9-28-20(15)23(25,26)27/h3-9,11,16-19,22,32H,10H2,1-2H3/t11?,16?,17?,18-,19-,22?/m1/s1. The van der Waals surface area contributed by atoms with Gasteiger partial charge < -0.3 is 19.3 Å². The molecule has 6 atom stereocenters. The van der Waals surface area contributed by atoms with Crippen molar-refractivity contribution in [2.24, 2.45) is 5.92 Å². The van der Waals surface area contributed by atoms with Crippen molar-refractivity contribution in [1.29, 1.82) is 0 Å². The Morgan fingerprint density at radius 1 is 1.17 bits per heavy atom. The van der Waals surface area contributed by atoms with E-state index in [4.69, 9.17) is 14.2 Å². The number of aryl methyl sites for hydroxylation is 1. The molecule has 0 saturated carbocycles. The van der Waals surface area contributed by atoms with Crippen LogP contribution in [0.1, 0.15) is 42.2 Å². The first kappa shape index (κ1) is 24.3. The average Bonchev–Trinajstić information content (AvgIpc) is 3.22. The Bertz CT molecular complexity index is 1210. The van der Waals surface area contributed by atoms with Crippen LogP contribution in [0.2, 0.25) is 0 Å². The molecule has 0 amide bonds. The third-order valence-electron chi connectivity index (χ3n) is 6.14. The van der Waals surface area contributed by atoms with Gasteiger partial charge in [0.1, 0.15) is 18.0 Å². The fourth-order valence-corrected chi connectivity index (χ4v) is 4.78. The SMILES string of the molecule is Cc1nc([C@@H]2OC3COC(c4ccccc4)O[C@@H]3C(C)C2O)n(-c2cc(Br)cnc2C(F)(F)F)n1. The fraction of sp³-hybridized carbons (Fsp3) is 0.435.